The van der Waals surface area contributed by atoms with Crippen molar-refractivity contribution in [2.45, 2.75) is 45.1 Å². The van der Waals surface area contributed by atoms with Crippen LogP contribution in [0.5, 0.6) is 0 Å². The molecule has 13 heavy (non-hydrogen) atoms. The van der Waals surface area contributed by atoms with E-state index in [2.05, 4.69) is 31.1 Å². The standard InChI is InChI=1S/C11H24N2/c1-4-11(12-5-2)8-6-7-9-13(3)10-11/h12H,4-10H2,1-3H3. The maximum absolute atomic E-state index is 3.68. The molecule has 1 N–H and O–H groups in total. The van der Waals surface area contributed by atoms with Crippen LogP contribution in [0.1, 0.15) is 39.5 Å². The van der Waals surface area contributed by atoms with E-state index in [-0.39, 0.29) is 0 Å². The summed E-state index contributed by atoms with van der Waals surface area (Å²) in [6.45, 7) is 8.11. The van der Waals surface area contributed by atoms with Crippen molar-refractivity contribution in [3.63, 3.8) is 0 Å². The monoisotopic (exact) mass is 184 g/mol. The molecule has 1 aliphatic heterocycles. The van der Waals surface area contributed by atoms with E-state index >= 15 is 0 Å². The molecule has 78 valence electrons. The van der Waals surface area contributed by atoms with Crippen LogP contribution in [0.25, 0.3) is 0 Å². The SMILES string of the molecule is CCNC1(CC)CCCCN(C)C1. The smallest absolute Gasteiger partial charge is 0.0305 e. The van der Waals surface area contributed by atoms with Crippen LogP contribution >= 0.6 is 0 Å². The second-order valence-corrected chi connectivity index (χ2v) is 4.36. The Morgan fingerprint density at radius 3 is 2.69 bits per heavy atom. The lowest BCUT2D eigenvalue weighted by atomic mass is 9.90. The van der Waals surface area contributed by atoms with Crippen molar-refractivity contribution in [2.75, 3.05) is 26.7 Å². The van der Waals surface area contributed by atoms with E-state index in [1.165, 1.54) is 38.8 Å². The highest BCUT2D eigenvalue weighted by Gasteiger charge is 2.29. The van der Waals surface area contributed by atoms with Crippen LogP contribution in [0.15, 0.2) is 0 Å². The summed E-state index contributed by atoms with van der Waals surface area (Å²) in [7, 11) is 2.24. The van der Waals surface area contributed by atoms with Gasteiger partial charge in [-0.2, -0.15) is 0 Å². The second-order valence-electron chi connectivity index (χ2n) is 4.36. The fourth-order valence-electron chi connectivity index (χ4n) is 2.45. The Kier molecular flexibility index (Phi) is 4.20. The molecular weight excluding hydrogens is 160 g/mol. The van der Waals surface area contributed by atoms with Gasteiger partial charge in [-0.3, -0.25) is 0 Å². The van der Waals surface area contributed by atoms with E-state index in [4.69, 9.17) is 0 Å². The van der Waals surface area contributed by atoms with Crippen molar-refractivity contribution in [3.8, 4) is 0 Å². The third kappa shape index (κ3) is 2.96. The van der Waals surface area contributed by atoms with Crippen molar-refractivity contribution in [1.82, 2.24) is 10.2 Å². The molecule has 1 aliphatic rings. The molecule has 1 fully saturated rings. The number of nitrogens with zero attached hydrogens (tertiary/aromatic N) is 1. The molecule has 0 aromatic carbocycles. The Bertz CT molecular complexity index is 147. The normalized spacial score (nSPS) is 31.6. The van der Waals surface area contributed by atoms with Crippen molar-refractivity contribution >= 4 is 0 Å². The molecule has 0 saturated carbocycles. The molecule has 1 unspecified atom stereocenters. The topological polar surface area (TPSA) is 15.3 Å². The number of likely N-dealkylation sites (tertiary alicyclic amines) is 1. The predicted molar refractivity (Wildman–Crippen MR) is 58.0 cm³/mol. The molecule has 0 aromatic rings. The highest BCUT2D eigenvalue weighted by atomic mass is 15.1. The number of hydrogen-bond acceptors (Lipinski definition) is 2. The molecule has 1 atom stereocenters. The molecule has 1 heterocycles. The third-order valence-corrected chi connectivity index (χ3v) is 3.25. The number of hydrogen-bond donors (Lipinski definition) is 1. The summed E-state index contributed by atoms with van der Waals surface area (Å²) in [6, 6.07) is 0. The Morgan fingerprint density at radius 1 is 1.31 bits per heavy atom. The Balaban J connectivity index is 2.59. The maximum Gasteiger partial charge on any atom is 0.0305 e. The van der Waals surface area contributed by atoms with E-state index in [0.29, 0.717) is 5.54 Å². The fraction of sp³-hybridized carbons (Fsp3) is 1.00. The minimum Gasteiger partial charge on any atom is -0.310 e. The molecule has 0 radical (unpaired) electrons. The Labute approximate surface area is 82.7 Å². The van der Waals surface area contributed by atoms with Crippen LogP contribution in [-0.2, 0) is 0 Å². The number of rotatable bonds is 3. The zero-order chi connectivity index (χ0) is 9.73. The van der Waals surface area contributed by atoms with Crippen LogP contribution in [0.4, 0.5) is 0 Å². The summed E-state index contributed by atoms with van der Waals surface area (Å²) < 4.78 is 0. The Morgan fingerprint density at radius 2 is 2.08 bits per heavy atom. The van der Waals surface area contributed by atoms with Crippen LogP contribution in [0, 0.1) is 0 Å². The summed E-state index contributed by atoms with van der Waals surface area (Å²) in [5, 5.41) is 3.68. The molecule has 2 nitrogen and oxygen atoms in total. The lowest BCUT2D eigenvalue weighted by molar-refractivity contribution is 0.217. The zero-order valence-electron chi connectivity index (χ0n) is 9.40. The van der Waals surface area contributed by atoms with Gasteiger partial charge in [0.15, 0.2) is 0 Å². The van der Waals surface area contributed by atoms with Crippen LogP contribution in [0.3, 0.4) is 0 Å². The highest BCUT2D eigenvalue weighted by molar-refractivity contribution is 4.90. The fourth-order valence-corrected chi connectivity index (χ4v) is 2.45. The first-order valence-electron chi connectivity index (χ1n) is 5.66. The molecule has 1 saturated heterocycles. The average molecular weight is 184 g/mol. The molecule has 1 rings (SSSR count). The van der Waals surface area contributed by atoms with Gasteiger partial charge in [0, 0.05) is 12.1 Å². The highest BCUT2D eigenvalue weighted by Crippen LogP contribution is 2.23. The van der Waals surface area contributed by atoms with E-state index < -0.39 is 0 Å². The third-order valence-electron chi connectivity index (χ3n) is 3.25. The van der Waals surface area contributed by atoms with Gasteiger partial charge in [0.05, 0.1) is 0 Å². The first-order chi connectivity index (χ1) is 6.22. The van der Waals surface area contributed by atoms with Gasteiger partial charge in [-0.15, -0.1) is 0 Å². The van der Waals surface area contributed by atoms with Crippen LogP contribution in [0.2, 0.25) is 0 Å². The molecular formula is C11H24N2. The van der Waals surface area contributed by atoms with Gasteiger partial charge in [-0.1, -0.05) is 20.3 Å². The number of likely N-dealkylation sites (N-methyl/N-ethyl adjacent to an activating group) is 2. The van der Waals surface area contributed by atoms with Gasteiger partial charge < -0.3 is 10.2 Å². The molecule has 0 aromatic heterocycles. The first-order valence-corrected chi connectivity index (χ1v) is 5.66. The first kappa shape index (κ1) is 11.0. The minimum absolute atomic E-state index is 0.403. The lowest BCUT2D eigenvalue weighted by Gasteiger charge is -2.35. The largest absolute Gasteiger partial charge is 0.310 e. The molecule has 2 heteroatoms. The lowest BCUT2D eigenvalue weighted by Crippen LogP contribution is -2.51. The van der Waals surface area contributed by atoms with Crippen LogP contribution in [-0.4, -0.2) is 37.1 Å². The van der Waals surface area contributed by atoms with Crippen molar-refractivity contribution in [2.24, 2.45) is 0 Å². The zero-order valence-corrected chi connectivity index (χ0v) is 9.40. The van der Waals surface area contributed by atoms with Crippen molar-refractivity contribution in [1.29, 1.82) is 0 Å². The molecule has 0 amide bonds. The van der Waals surface area contributed by atoms with E-state index in [0.717, 1.165) is 6.54 Å². The van der Waals surface area contributed by atoms with Crippen LogP contribution < -0.4 is 5.32 Å². The molecule has 0 aliphatic carbocycles. The van der Waals surface area contributed by atoms with E-state index in [1.54, 1.807) is 0 Å². The average Bonchev–Trinajstić information content (AvgIpc) is 2.29. The summed E-state index contributed by atoms with van der Waals surface area (Å²) >= 11 is 0. The van der Waals surface area contributed by atoms with Crippen molar-refractivity contribution < 1.29 is 0 Å². The predicted octanol–water partition coefficient (Wildman–Crippen LogP) is 1.86. The Hall–Kier alpha value is -0.0800. The summed E-state index contributed by atoms with van der Waals surface area (Å²) in [4.78, 5) is 2.47. The van der Waals surface area contributed by atoms with Crippen molar-refractivity contribution in [3.05, 3.63) is 0 Å². The number of nitrogens with one attached hydrogen (secondary N) is 1. The summed E-state index contributed by atoms with van der Waals surface area (Å²) in [5.74, 6) is 0. The minimum atomic E-state index is 0.403. The quantitative estimate of drug-likeness (QED) is 0.720. The van der Waals surface area contributed by atoms with Gasteiger partial charge in [0.25, 0.3) is 0 Å². The van der Waals surface area contributed by atoms with Gasteiger partial charge in [-0.25, -0.2) is 0 Å². The second kappa shape index (κ2) is 4.97. The summed E-state index contributed by atoms with van der Waals surface area (Å²) in [5.41, 5.74) is 0.403. The van der Waals surface area contributed by atoms with Gasteiger partial charge in [0.1, 0.15) is 0 Å². The maximum atomic E-state index is 3.68. The van der Waals surface area contributed by atoms with Gasteiger partial charge in [-0.05, 0) is 39.4 Å². The summed E-state index contributed by atoms with van der Waals surface area (Å²) in [6.07, 6.45) is 5.35. The van der Waals surface area contributed by atoms with Gasteiger partial charge in [0.2, 0.25) is 0 Å². The van der Waals surface area contributed by atoms with E-state index in [1.807, 2.05) is 0 Å². The molecule has 0 spiro atoms. The molecule has 0 bridgehead atoms. The van der Waals surface area contributed by atoms with E-state index in [9.17, 15) is 0 Å². The van der Waals surface area contributed by atoms with Gasteiger partial charge >= 0.3 is 0 Å².